The normalized spacial score (nSPS) is 20.9. The van der Waals surface area contributed by atoms with E-state index in [1.54, 1.807) is 7.11 Å². The van der Waals surface area contributed by atoms with Crippen LogP contribution in [0, 0.1) is 6.92 Å². The molecule has 2 aromatic rings. The molecule has 3 rings (SSSR count). The molecule has 2 heteroatoms. The molecule has 0 unspecified atom stereocenters. The van der Waals surface area contributed by atoms with Crippen molar-refractivity contribution in [3.8, 4) is 0 Å². The number of hydrogen-bond donors (Lipinski definition) is 1. The summed E-state index contributed by atoms with van der Waals surface area (Å²) in [6.07, 6.45) is 2.44. The summed E-state index contributed by atoms with van der Waals surface area (Å²) in [5, 5.41) is 3.64. The van der Waals surface area contributed by atoms with E-state index in [4.69, 9.17) is 4.74 Å². The minimum Gasteiger partial charge on any atom is -0.382 e. The van der Waals surface area contributed by atoms with Gasteiger partial charge in [0.15, 0.2) is 0 Å². The van der Waals surface area contributed by atoms with Crippen molar-refractivity contribution in [3.05, 3.63) is 65.2 Å². The van der Waals surface area contributed by atoms with Gasteiger partial charge in [-0.05, 0) is 48.9 Å². The number of nitrogens with one attached hydrogen (secondary N) is 1. The van der Waals surface area contributed by atoms with E-state index in [0.29, 0.717) is 18.6 Å². The van der Waals surface area contributed by atoms with Crippen LogP contribution in [0.4, 0.5) is 5.69 Å². The van der Waals surface area contributed by atoms with E-state index in [-0.39, 0.29) is 0 Å². The quantitative estimate of drug-likeness (QED) is 0.871. The van der Waals surface area contributed by atoms with Crippen LogP contribution in [0.25, 0.3) is 0 Å². The number of methoxy groups -OCH3 is 1. The van der Waals surface area contributed by atoms with Crippen molar-refractivity contribution >= 4 is 5.69 Å². The number of anilines is 1. The van der Waals surface area contributed by atoms with Crippen molar-refractivity contribution in [2.45, 2.75) is 38.3 Å². The Hall–Kier alpha value is -1.80. The summed E-state index contributed by atoms with van der Waals surface area (Å²) in [5.74, 6) is 0.713. The predicted octanol–water partition coefficient (Wildman–Crippen LogP) is 4.50. The van der Waals surface area contributed by atoms with Gasteiger partial charge < -0.3 is 10.1 Å². The average molecular weight is 281 g/mol. The zero-order chi connectivity index (χ0) is 14.7. The monoisotopic (exact) mass is 281 g/mol. The van der Waals surface area contributed by atoms with Crippen molar-refractivity contribution < 1.29 is 4.74 Å². The van der Waals surface area contributed by atoms with Crippen molar-refractivity contribution in [2.24, 2.45) is 0 Å². The zero-order valence-corrected chi connectivity index (χ0v) is 12.8. The van der Waals surface area contributed by atoms with Crippen LogP contribution in [0.3, 0.4) is 0 Å². The molecule has 0 spiro atoms. The van der Waals surface area contributed by atoms with E-state index in [9.17, 15) is 0 Å². The Morgan fingerprint density at radius 3 is 2.67 bits per heavy atom. The first-order chi connectivity index (χ1) is 10.2. The molecular formula is C19H23NO. The molecule has 1 aliphatic rings. The Labute approximate surface area is 127 Å². The van der Waals surface area contributed by atoms with E-state index < -0.39 is 0 Å². The van der Waals surface area contributed by atoms with E-state index in [2.05, 4.69) is 60.8 Å². The third-order valence-electron chi connectivity index (χ3n) is 4.26. The molecule has 0 saturated heterocycles. The second-order valence-electron chi connectivity index (χ2n) is 6.06. The van der Waals surface area contributed by atoms with Crippen molar-refractivity contribution in [1.29, 1.82) is 0 Å². The lowest BCUT2D eigenvalue weighted by atomic mass is 9.75. The minimum atomic E-state index is 0.591. The van der Waals surface area contributed by atoms with Crippen LogP contribution in [0.15, 0.2) is 48.5 Å². The highest BCUT2D eigenvalue weighted by molar-refractivity contribution is 5.47. The molecule has 0 aromatic heterocycles. The highest BCUT2D eigenvalue weighted by atomic mass is 16.5. The Morgan fingerprint density at radius 1 is 1.10 bits per heavy atom. The largest absolute Gasteiger partial charge is 0.382 e. The second kappa shape index (κ2) is 6.31. The third kappa shape index (κ3) is 3.45. The maximum absolute atomic E-state index is 5.19. The van der Waals surface area contributed by atoms with Crippen molar-refractivity contribution in [3.63, 3.8) is 0 Å². The first-order valence-corrected chi connectivity index (χ1v) is 7.65. The summed E-state index contributed by atoms with van der Waals surface area (Å²) < 4.78 is 5.19. The van der Waals surface area contributed by atoms with Crippen LogP contribution in [0.5, 0.6) is 0 Å². The summed E-state index contributed by atoms with van der Waals surface area (Å²) >= 11 is 0. The van der Waals surface area contributed by atoms with Crippen LogP contribution >= 0.6 is 0 Å². The number of aryl methyl sites for hydroxylation is 1. The molecular weight excluding hydrogens is 258 g/mol. The molecule has 0 heterocycles. The van der Waals surface area contributed by atoms with Gasteiger partial charge in [-0.25, -0.2) is 0 Å². The lowest BCUT2D eigenvalue weighted by Crippen LogP contribution is -2.34. The van der Waals surface area contributed by atoms with E-state index in [1.165, 1.54) is 35.2 Å². The predicted molar refractivity (Wildman–Crippen MR) is 87.7 cm³/mol. The van der Waals surface area contributed by atoms with Gasteiger partial charge in [0.25, 0.3) is 0 Å². The fourth-order valence-corrected chi connectivity index (χ4v) is 3.09. The number of benzene rings is 2. The van der Waals surface area contributed by atoms with Crippen molar-refractivity contribution in [1.82, 2.24) is 0 Å². The Bertz CT molecular complexity index is 602. The molecule has 0 amide bonds. The van der Waals surface area contributed by atoms with E-state index >= 15 is 0 Å². The van der Waals surface area contributed by atoms with E-state index in [0.717, 1.165) is 0 Å². The average Bonchev–Trinajstić information content (AvgIpc) is 2.43. The van der Waals surface area contributed by atoms with Gasteiger partial charge in [-0.3, -0.25) is 0 Å². The smallest absolute Gasteiger partial charge is 0.0713 e. The summed E-state index contributed by atoms with van der Waals surface area (Å²) in [6.45, 7) is 2.84. The highest BCUT2D eigenvalue weighted by Crippen LogP contribution is 2.38. The highest BCUT2D eigenvalue weighted by Gasteiger charge is 2.30. The molecule has 2 aromatic carbocycles. The molecule has 2 nitrogen and oxygen atoms in total. The number of ether oxygens (including phenoxy) is 1. The van der Waals surface area contributed by atoms with Gasteiger partial charge >= 0.3 is 0 Å². The molecule has 1 saturated carbocycles. The molecule has 0 radical (unpaired) electrons. The first-order valence-electron chi connectivity index (χ1n) is 7.65. The van der Waals surface area contributed by atoms with Crippen LogP contribution in [0.2, 0.25) is 0 Å². The third-order valence-corrected chi connectivity index (χ3v) is 4.26. The SMILES string of the molecule is COCc1cccc(NC2CC(c3cccc(C)c3)C2)c1. The standard InChI is InChI=1S/C19H23NO/c1-14-5-3-7-16(9-14)17-11-19(12-17)20-18-8-4-6-15(10-18)13-21-2/h3-10,17,19-20H,11-13H2,1-2H3. The summed E-state index contributed by atoms with van der Waals surface area (Å²) in [5.41, 5.74) is 5.27. The van der Waals surface area contributed by atoms with Gasteiger partial charge in [-0.15, -0.1) is 0 Å². The zero-order valence-electron chi connectivity index (χ0n) is 12.8. The molecule has 1 fully saturated rings. The molecule has 1 aliphatic carbocycles. The topological polar surface area (TPSA) is 21.3 Å². The molecule has 0 atom stereocenters. The second-order valence-corrected chi connectivity index (χ2v) is 6.06. The minimum absolute atomic E-state index is 0.591. The molecule has 1 N–H and O–H groups in total. The van der Waals surface area contributed by atoms with Gasteiger partial charge in [0.2, 0.25) is 0 Å². The van der Waals surface area contributed by atoms with Crippen LogP contribution in [-0.2, 0) is 11.3 Å². The fourth-order valence-electron chi connectivity index (χ4n) is 3.09. The number of hydrogen-bond acceptors (Lipinski definition) is 2. The Morgan fingerprint density at radius 2 is 1.90 bits per heavy atom. The maximum atomic E-state index is 5.19. The maximum Gasteiger partial charge on any atom is 0.0713 e. The van der Waals surface area contributed by atoms with Crippen LogP contribution in [-0.4, -0.2) is 13.2 Å². The Kier molecular flexibility index (Phi) is 4.26. The van der Waals surface area contributed by atoms with Gasteiger partial charge in [0.1, 0.15) is 0 Å². The van der Waals surface area contributed by atoms with E-state index in [1.807, 2.05) is 0 Å². The lowest BCUT2D eigenvalue weighted by molar-refractivity contribution is 0.185. The molecule has 0 aliphatic heterocycles. The number of rotatable bonds is 5. The van der Waals surface area contributed by atoms with Crippen LogP contribution < -0.4 is 5.32 Å². The van der Waals surface area contributed by atoms with Crippen LogP contribution in [0.1, 0.15) is 35.4 Å². The molecule has 21 heavy (non-hydrogen) atoms. The fraction of sp³-hybridized carbons (Fsp3) is 0.368. The van der Waals surface area contributed by atoms with Crippen molar-refractivity contribution in [2.75, 3.05) is 12.4 Å². The summed E-state index contributed by atoms with van der Waals surface area (Å²) in [7, 11) is 1.73. The van der Waals surface area contributed by atoms with Gasteiger partial charge in [-0.2, -0.15) is 0 Å². The van der Waals surface area contributed by atoms with Gasteiger partial charge in [-0.1, -0.05) is 42.0 Å². The lowest BCUT2D eigenvalue weighted by Gasteiger charge is -2.37. The first kappa shape index (κ1) is 14.2. The Balaban J connectivity index is 1.56. The van der Waals surface area contributed by atoms with Gasteiger partial charge in [0.05, 0.1) is 6.61 Å². The summed E-state index contributed by atoms with van der Waals surface area (Å²) in [6, 6.07) is 18.0. The molecule has 0 bridgehead atoms. The van der Waals surface area contributed by atoms with Gasteiger partial charge in [0, 0.05) is 18.8 Å². The summed E-state index contributed by atoms with van der Waals surface area (Å²) in [4.78, 5) is 0. The molecule has 110 valence electrons.